The third kappa shape index (κ3) is 3.68. The van der Waals surface area contributed by atoms with E-state index < -0.39 is 0 Å². The monoisotopic (exact) mass is 308 g/mol. The lowest BCUT2D eigenvalue weighted by Crippen LogP contribution is -2.54. The second-order valence-electron chi connectivity index (χ2n) is 6.08. The largest absolute Gasteiger partial charge is 0.370 e. The van der Waals surface area contributed by atoms with Crippen molar-refractivity contribution in [3.63, 3.8) is 0 Å². The summed E-state index contributed by atoms with van der Waals surface area (Å²) in [5, 5.41) is 4.04. The van der Waals surface area contributed by atoms with Crippen molar-refractivity contribution in [2.24, 2.45) is 0 Å². The van der Waals surface area contributed by atoms with Gasteiger partial charge in [-0.05, 0) is 38.4 Å². The molecule has 0 radical (unpaired) electrons. The van der Waals surface area contributed by atoms with Crippen molar-refractivity contribution >= 4 is 17.4 Å². The van der Waals surface area contributed by atoms with Gasteiger partial charge < -0.3 is 5.32 Å². The summed E-state index contributed by atoms with van der Waals surface area (Å²) in [6.45, 7) is 8.58. The maximum atomic E-state index is 6.33. The Morgan fingerprint density at radius 2 is 2.19 bits per heavy atom. The summed E-state index contributed by atoms with van der Waals surface area (Å²) in [6, 6.07) is 4.65. The van der Waals surface area contributed by atoms with Crippen molar-refractivity contribution < 1.29 is 0 Å². The summed E-state index contributed by atoms with van der Waals surface area (Å²) in [6.07, 6.45) is 4.09. The molecule has 1 aromatic rings. The van der Waals surface area contributed by atoms with Gasteiger partial charge in [0.1, 0.15) is 5.82 Å². The normalized spacial score (nSPS) is 23.8. The number of piperazine rings is 1. The number of fused-ring (bicyclic) bond motifs is 1. The van der Waals surface area contributed by atoms with Gasteiger partial charge in [0, 0.05) is 38.8 Å². The number of pyridine rings is 1. The fraction of sp³-hybridized carbons (Fsp3) is 0.688. The fourth-order valence-corrected chi connectivity index (χ4v) is 3.62. The summed E-state index contributed by atoms with van der Waals surface area (Å²) in [5.74, 6) is 0.924. The van der Waals surface area contributed by atoms with Crippen LogP contribution in [0.2, 0.25) is 5.02 Å². The van der Waals surface area contributed by atoms with E-state index in [1.165, 1.54) is 32.4 Å². The predicted molar refractivity (Wildman–Crippen MR) is 87.9 cm³/mol. The molecule has 21 heavy (non-hydrogen) atoms. The van der Waals surface area contributed by atoms with E-state index in [4.69, 9.17) is 11.6 Å². The number of nitrogens with zero attached hydrogens (tertiary/aromatic N) is 3. The summed E-state index contributed by atoms with van der Waals surface area (Å²) < 4.78 is 0. The van der Waals surface area contributed by atoms with Gasteiger partial charge >= 0.3 is 0 Å². The molecule has 1 aromatic heterocycles. The van der Waals surface area contributed by atoms with E-state index in [0.29, 0.717) is 0 Å². The number of rotatable bonds is 4. The van der Waals surface area contributed by atoms with Gasteiger partial charge in [0.2, 0.25) is 0 Å². The number of hydrogen-bond donors (Lipinski definition) is 1. The molecule has 2 aliphatic rings. The molecule has 0 aromatic carbocycles. The van der Waals surface area contributed by atoms with Gasteiger partial charge in [-0.1, -0.05) is 18.0 Å². The highest BCUT2D eigenvalue weighted by Gasteiger charge is 2.29. The third-order valence-electron chi connectivity index (χ3n) is 4.57. The Morgan fingerprint density at radius 1 is 1.29 bits per heavy atom. The minimum Gasteiger partial charge on any atom is -0.370 e. The van der Waals surface area contributed by atoms with Gasteiger partial charge in [0.05, 0.1) is 10.7 Å². The highest BCUT2D eigenvalue weighted by molar-refractivity contribution is 6.31. The molecule has 0 spiro atoms. The van der Waals surface area contributed by atoms with Crippen LogP contribution < -0.4 is 5.32 Å². The molecular formula is C16H25ClN4. The van der Waals surface area contributed by atoms with E-state index in [1.807, 2.05) is 12.1 Å². The molecule has 3 heterocycles. The molecule has 4 nitrogen and oxygen atoms in total. The van der Waals surface area contributed by atoms with Gasteiger partial charge in [0.15, 0.2) is 0 Å². The molecule has 1 N–H and O–H groups in total. The van der Waals surface area contributed by atoms with E-state index in [0.717, 1.165) is 48.8 Å². The molecule has 116 valence electrons. The summed E-state index contributed by atoms with van der Waals surface area (Å²) in [4.78, 5) is 9.83. The number of nitrogens with one attached hydrogen (secondary N) is 1. The zero-order valence-electron chi connectivity index (χ0n) is 12.8. The van der Waals surface area contributed by atoms with E-state index in [-0.39, 0.29) is 0 Å². The predicted octanol–water partition coefficient (Wildman–Crippen LogP) is 2.84. The van der Waals surface area contributed by atoms with Gasteiger partial charge in [-0.15, -0.1) is 0 Å². The summed E-state index contributed by atoms with van der Waals surface area (Å²) >= 11 is 6.33. The number of aromatic nitrogens is 1. The van der Waals surface area contributed by atoms with Crippen LogP contribution in [0, 0.1) is 0 Å². The van der Waals surface area contributed by atoms with Gasteiger partial charge in [0.25, 0.3) is 0 Å². The number of piperidine rings is 1. The first-order valence-corrected chi connectivity index (χ1v) is 8.49. The van der Waals surface area contributed by atoms with Gasteiger partial charge in [-0.3, -0.25) is 9.80 Å². The van der Waals surface area contributed by atoms with Crippen LogP contribution in [0.5, 0.6) is 0 Å². The average molecular weight is 309 g/mol. The van der Waals surface area contributed by atoms with Gasteiger partial charge in [-0.2, -0.15) is 0 Å². The Balaban J connectivity index is 1.64. The Labute approximate surface area is 132 Å². The van der Waals surface area contributed by atoms with Crippen molar-refractivity contribution in [2.75, 3.05) is 38.0 Å². The minimum atomic E-state index is 0.739. The van der Waals surface area contributed by atoms with E-state index >= 15 is 0 Å². The first kappa shape index (κ1) is 15.1. The quantitative estimate of drug-likeness (QED) is 0.927. The van der Waals surface area contributed by atoms with E-state index in [2.05, 4.69) is 27.0 Å². The minimum absolute atomic E-state index is 0.739. The van der Waals surface area contributed by atoms with E-state index in [9.17, 15) is 0 Å². The standard InChI is InChI=1S/C16H25ClN4/c1-2-18-16-7-6-14(17)15(19-16)12-20-9-10-21-8-4-3-5-13(21)11-20/h6-7,13H,2-5,8-12H2,1H3,(H,18,19). The molecule has 1 unspecified atom stereocenters. The third-order valence-corrected chi connectivity index (χ3v) is 4.92. The molecule has 2 fully saturated rings. The van der Waals surface area contributed by atoms with E-state index in [1.54, 1.807) is 0 Å². The maximum Gasteiger partial charge on any atom is 0.126 e. The van der Waals surface area contributed by atoms with Crippen LogP contribution in [-0.4, -0.2) is 53.5 Å². The lowest BCUT2D eigenvalue weighted by molar-refractivity contribution is 0.0451. The molecule has 0 amide bonds. The molecule has 1 atom stereocenters. The van der Waals surface area contributed by atoms with Crippen LogP contribution in [0.4, 0.5) is 5.82 Å². The zero-order chi connectivity index (χ0) is 14.7. The fourth-order valence-electron chi connectivity index (χ4n) is 3.45. The van der Waals surface area contributed by atoms with Crippen molar-refractivity contribution in [3.8, 4) is 0 Å². The van der Waals surface area contributed by atoms with Crippen molar-refractivity contribution in [2.45, 2.75) is 38.8 Å². The molecule has 2 saturated heterocycles. The lowest BCUT2D eigenvalue weighted by Gasteiger charge is -2.44. The molecule has 0 saturated carbocycles. The molecular weight excluding hydrogens is 284 g/mol. The number of halogens is 1. The Morgan fingerprint density at radius 3 is 3.05 bits per heavy atom. The van der Waals surface area contributed by atoms with Crippen LogP contribution in [0.15, 0.2) is 12.1 Å². The van der Waals surface area contributed by atoms with Crippen LogP contribution in [0.1, 0.15) is 31.9 Å². The Kier molecular flexibility index (Phi) is 4.99. The lowest BCUT2D eigenvalue weighted by atomic mass is 9.99. The van der Waals surface area contributed by atoms with Crippen molar-refractivity contribution in [3.05, 3.63) is 22.8 Å². The smallest absolute Gasteiger partial charge is 0.126 e. The topological polar surface area (TPSA) is 31.4 Å². The highest BCUT2D eigenvalue weighted by atomic mass is 35.5. The van der Waals surface area contributed by atoms with Crippen LogP contribution in [0.3, 0.4) is 0 Å². The SMILES string of the molecule is CCNc1ccc(Cl)c(CN2CCN3CCCCC3C2)n1. The Hall–Kier alpha value is -0.840. The highest BCUT2D eigenvalue weighted by Crippen LogP contribution is 2.24. The summed E-state index contributed by atoms with van der Waals surface area (Å²) in [7, 11) is 0. The molecule has 2 aliphatic heterocycles. The van der Waals surface area contributed by atoms with Crippen LogP contribution >= 0.6 is 11.6 Å². The number of hydrogen-bond acceptors (Lipinski definition) is 4. The second kappa shape index (κ2) is 6.95. The zero-order valence-corrected chi connectivity index (χ0v) is 13.6. The summed E-state index contributed by atoms with van der Waals surface area (Å²) in [5.41, 5.74) is 0.999. The average Bonchev–Trinajstić information content (AvgIpc) is 2.51. The van der Waals surface area contributed by atoms with Crippen LogP contribution in [-0.2, 0) is 6.54 Å². The first-order valence-electron chi connectivity index (χ1n) is 8.12. The molecule has 5 heteroatoms. The van der Waals surface area contributed by atoms with Crippen molar-refractivity contribution in [1.82, 2.24) is 14.8 Å². The Bertz CT molecular complexity index is 479. The second-order valence-corrected chi connectivity index (χ2v) is 6.48. The molecule has 3 rings (SSSR count). The van der Waals surface area contributed by atoms with Gasteiger partial charge in [-0.25, -0.2) is 4.98 Å². The molecule has 0 bridgehead atoms. The molecule has 0 aliphatic carbocycles. The van der Waals surface area contributed by atoms with Crippen LogP contribution in [0.25, 0.3) is 0 Å². The van der Waals surface area contributed by atoms with Crippen molar-refractivity contribution in [1.29, 1.82) is 0 Å². The maximum absolute atomic E-state index is 6.33. The number of anilines is 1. The first-order chi connectivity index (χ1) is 10.3.